The van der Waals surface area contributed by atoms with E-state index in [9.17, 15) is 9.59 Å². The highest BCUT2D eigenvalue weighted by Crippen LogP contribution is 2.33. The second-order valence-corrected chi connectivity index (χ2v) is 5.27. The molecule has 19 heavy (non-hydrogen) atoms. The second kappa shape index (κ2) is 6.34. The predicted molar refractivity (Wildman–Crippen MR) is 66.7 cm³/mol. The highest BCUT2D eigenvalue weighted by atomic mass is 16.5. The van der Waals surface area contributed by atoms with Crippen LogP contribution in [-0.2, 0) is 19.1 Å². The maximum Gasteiger partial charge on any atom is 0.306 e. The molecule has 0 aromatic heterocycles. The molecule has 0 spiro atoms. The third-order valence-corrected chi connectivity index (χ3v) is 3.93. The molecule has 2 aliphatic rings. The Morgan fingerprint density at radius 2 is 1.89 bits per heavy atom. The first-order valence-corrected chi connectivity index (χ1v) is 6.74. The number of carbonyl (C=O) groups is 2. The molecule has 6 heteroatoms. The summed E-state index contributed by atoms with van der Waals surface area (Å²) in [6.45, 7) is 2.36. The molecule has 0 aromatic carbocycles. The van der Waals surface area contributed by atoms with Crippen LogP contribution in [0.5, 0.6) is 0 Å². The van der Waals surface area contributed by atoms with Crippen molar-refractivity contribution in [2.24, 2.45) is 11.8 Å². The van der Waals surface area contributed by atoms with E-state index < -0.39 is 5.97 Å². The van der Waals surface area contributed by atoms with Crippen LogP contribution in [0.3, 0.4) is 0 Å². The van der Waals surface area contributed by atoms with E-state index in [4.69, 9.17) is 14.6 Å². The maximum atomic E-state index is 12.1. The number of likely N-dealkylation sites (tertiary alicyclic amines) is 1. The van der Waals surface area contributed by atoms with Crippen LogP contribution >= 0.6 is 0 Å². The zero-order valence-corrected chi connectivity index (χ0v) is 11.2. The SMILES string of the molecule is COCCOC1CN(C(=O)[C@@H]2CC[C@H](C(=O)O)C2)C1. The van der Waals surface area contributed by atoms with Gasteiger partial charge in [0.05, 0.1) is 25.2 Å². The van der Waals surface area contributed by atoms with Crippen LogP contribution in [0.2, 0.25) is 0 Å². The van der Waals surface area contributed by atoms with E-state index in [0.717, 1.165) is 0 Å². The van der Waals surface area contributed by atoms with Crippen molar-refractivity contribution in [1.29, 1.82) is 0 Å². The van der Waals surface area contributed by atoms with Gasteiger partial charge in [0.15, 0.2) is 0 Å². The van der Waals surface area contributed by atoms with E-state index >= 15 is 0 Å². The van der Waals surface area contributed by atoms with Gasteiger partial charge in [-0.05, 0) is 19.3 Å². The Morgan fingerprint density at radius 1 is 1.21 bits per heavy atom. The minimum atomic E-state index is -0.778. The lowest BCUT2D eigenvalue weighted by molar-refractivity contribution is -0.150. The molecule has 0 aromatic rings. The number of amides is 1. The van der Waals surface area contributed by atoms with Crippen molar-refractivity contribution in [2.45, 2.75) is 25.4 Å². The molecule has 0 unspecified atom stereocenters. The molecule has 1 saturated heterocycles. The van der Waals surface area contributed by atoms with Gasteiger partial charge < -0.3 is 19.5 Å². The fraction of sp³-hybridized carbons (Fsp3) is 0.846. The predicted octanol–water partition coefficient (Wildman–Crippen LogP) is 0.361. The molecule has 0 bridgehead atoms. The van der Waals surface area contributed by atoms with Gasteiger partial charge in [0.2, 0.25) is 5.91 Å². The summed E-state index contributed by atoms with van der Waals surface area (Å²) < 4.78 is 10.4. The molecule has 1 aliphatic carbocycles. The zero-order chi connectivity index (χ0) is 13.8. The van der Waals surface area contributed by atoms with Gasteiger partial charge in [-0.15, -0.1) is 0 Å². The number of aliphatic carboxylic acids is 1. The summed E-state index contributed by atoms with van der Waals surface area (Å²) in [4.78, 5) is 24.8. The van der Waals surface area contributed by atoms with Crippen molar-refractivity contribution >= 4 is 11.9 Å². The lowest BCUT2D eigenvalue weighted by atomic mass is 10.0. The van der Waals surface area contributed by atoms with Gasteiger partial charge in [-0.3, -0.25) is 9.59 Å². The first-order valence-electron chi connectivity index (χ1n) is 6.74. The third-order valence-electron chi connectivity index (χ3n) is 3.93. The lowest BCUT2D eigenvalue weighted by Gasteiger charge is -2.40. The number of carboxylic acid groups (broad SMARTS) is 1. The van der Waals surface area contributed by atoms with Crippen molar-refractivity contribution in [2.75, 3.05) is 33.4 Å². The molecule has 0 radical (unpaired) electrons. The summed E-state index contributed by atoms with van der Waals surface area (Å²) in [7, 11) is 1.62. The van der Waals surface area contributed by atoms with E-state index in [2.05, 4.69) is 0 Å². The summed E-state index contributed by atoms with van der Waals surface area (Å²) in [5.41, 5.74) is 0. The second-order valence-electron chi connectivity index (χ2n) is 5.27. The van der Waals surface area contributed by atoms with Crippen molar-refractivity contribution in [3.63, 3.8) is 0 Å². The van der Waals surface area contributed by atoms with Crippen molar-refractivity contribution in [1.82, 2.24) is 4.90 Å². The molecule has 1 N–H and O–H groups in total. The minimum Gasteiger partial charge on any atom is -0.481 e. The molecule has 2 atom stereocenters. The molecule has 6 nitrogen and oxygen atoms in total. The molecular formula is C13H21NO5. The Bertz CT molecular complexity index is 340. The number of carbonyl (C=O) groups excluding carboxylic acids is 1. The Hall–Kier alpha value is -1.14. The van der Waals surface area contributed by atoms with E-state index in [0.29, 0.717) is 45.6 Å². The number of hydrogen-bond acceptors (Lipinski definition) is 4. The number of carboxylic acids is 1. The largest absolute Gasteiger partial charge is 0.481 e. The number of methoxy groups -OCH3 is 1. The van der Waals surface area contributed by atoms with Crippen molar-refractivity contribution in [3.8, 4) is 0 Å². The number of rotatable bonds is 6. The monoisotopic (exact) mass is 271 g/mol. The highest BCUT2D eigenvalue weighted by Gasteiger charge is 2.39. The van der Waals surface area contributed by atoms with E-state index in [1.54, 1.807) is 12.0 Å². The fourth-order valence-corrected chi connectivity index (χ4v) is 2.71. The number of ether oxygens (including phenoxy) is 2. The Morgan fingerprint density at radius 3 is 2.47 bits per heavy atom. The van der Waals surface area contributed by atoms with Crippen LogP contribution in [0.4, 0.5) is 0 Å². The fourth-order valence-electron chi connectivity index (χ4n) is 2.71. The van der Waals surface area contributed by atoms with Crippen LogP contribution in [0, 0.1) is 11.8 Å². The quantitative estimate of drug-likeness (QED) is 0.706. The van der Waals surface area contributed by atoms with Crippen LogP contribution < -0.4 is 0 Å². The lowest BCUT2D eigenvalue weighted by Crippen LogP contribution is -2.56. The summed E-state index contributed by atoms with van der Waals surface area (Å²) in [5.74, 6) is -1.14. The number of nitrogens with zero attached hydrogens (tertiary/aromatic N) is 1. The standard InChI is InChI=1S/C13H21NO5/c1-18-4-5-19-11-7-14(8-11)12(15)9-2-3-10(6-9)13(16)17/h9-11H,2-8H2,1H3,(H,16,17)/t9-,10+/m1/s1. The first-order chi connectivity index (χ1) is 9.11. The zero-order valence-electron chi connectivity index (χ0n) is 11.2. The van der Waals surface area contributed by atoms with Crippen molar-refractivity contribution in [3.05, 3.63) is 0 Å². The van der Waals surface area contributed by atoms with Gasteiger partial charge in [-0.25, -0.2) is 0 Å². The molecule has 2 fully saturated rings. The van der Waals surface area contributed by atoms with Gasteiger partial charge in [0.25, 0.3) is 0 Å². The minimum absolute atomic E-state index is 0.0929. The highest BCUT2D eigenvalue weighted by molar-refractivity contribution is 5.81. The molecule has 1 saturated carbocycles. The molecule has 1 amide bonds. The Labute approximate surface area is 112 Å². The van der Waals surface area contributed by atoms with Crippen LogP contribution in [0.25, 0.3) is 0 Å². The average Bonchev–Trinajstić information content (AvgIpc) is 2.81. The normalized spacial score (nSPS) is 27.3. The van der Waals surface area contributed by atoms with Crippen LogP contribution in [-0.4, -0.2) is 61.4 Å². The maximum absolute atomic E-state index is 12.1. The molecule has 1 heterocycles. The van der Waals surface area contributed by atoms with E-state index in [1.165, 1.54) is 0 Å². The van der Waals surface area contributed by atoms with Gasteiger partial charge in [0.1, 0.15) is 0 Å². The third kappa shape index (κ3) is 3.45. The van der Waals surface area contributed by atoms with Crippen LogP contribution in [0.1, 0.15) is 19.3 Å². The molecular weight excluding hydrogens is 250 g/mol. The van der Waals surface area contributed by atoms with E-state index in [-0.39, 0.29) is 23.8 Å². The Balaban J connectivity index is 1.68. The van der Waals surface area contributed by atoms with Crippen molar-refractivity contribution < 1.29 is 24.2 Å². The average molecular weight is 271 g/mol. The summed E-state index contributed by atoms with van der Waals surface area (Å²) >= 11 is 0. The smallest absolute Gasteiger partial charge is 0.306 e. The molecule has 108 valence electrons. The first kappa shape index (κ1) is 14.3. The van der Waals surface area contributed by atoms with Gasteiger partial charge >= 0.3 is 5.97 Å². The van der Waals surface area contributed by atoms with Crippen LogP contribution in [0.15, 0.2) is 0 Å². The van der Waals surface area contributed by atoms with Gasteiger partial charge in [-0.1, -0.05) is 0 Å². The molecule has 2 rings (SSSR count). The summed E-state index contributed by atoms with van der Waals surface area (Å²) in [5, 5.41) is 8.93. The summed E-state index contributed by atoms with van der Waals surface area (Å²) in [6, 6.07) is 0. The van der Waals surface area contributed by atoms with E-state index in [1.807, 2.05) is 0 Å². The molecule has 1 aliphatic heterocycles. The van der Waals surface area contributed by atoms with Gasteiger partial charge in [0, 0.05) is 26.1 Å². The number of hydrogen-bond donors (Lipinski definition) is 1. The Kier molecular flexibility index (Phi) is 4.76. The summed E-state index contributed by atoms with van der Waals surface area (Å²) in [6.07, 6.45) is 1.91. The topological polar surface area (TPSA) is 76.1 Å². The van der Waals surface area contributed by atoms with Gasteiger partial charge in [-0.2, -0.15) is 0 Å².